The molecule has 0 unspecified atom stereocenters. The summed E-state index contributed by atoms with van der Waals surface area (Å²) in [4.78, 5) is 23.6. The molecule has 5 heteroatoms. The lowest BCUT2D eigenvalue weighted by Gasteiger charge is -2.27. The summed E-state index contributed by atoms with van der Waals surface area (Å²) in [6.07, 6.45) is 0. The summed E-state index contributed by atoms with van der Waals surface area (Å²) in [6, 6.07) is 0. The number of hydrogen-bond acceptors (Lipinski definition) is 3. The Morgan fingerprint density at radius 3 is 2.47 bits per heavy atom. The molecule has 2 rings (SSSR count). The highest BCUT2D eigenvalue weighted by Crippen LogP contribution is 2.30. The average Bonchev–Trinajstić information content (AvgIpc) is 2.43. The lowest BCUT2D eigenvalue weighted by atomic mass is 9.90. The summed E-state index contributed by atoms with van der Waals surface area (Å²) >= 11 is 0. The zero-order valence-electron chi connectivity index (χ0n) is 9.21. The van der Waals surface area contributed by atoms with Crippen LogP contribution in [0.1, 0.15) is 29.9 Å². The largest absolute Gasteiger partial charge is 0.309 e. The summed E-state index contributed by atoms with van der Waals surface area (Å²) in [7, 11) is 0. The van der Waals surface area contributed by atoms with E-state index in [4.69, 9.17) is 0 Å². The van der Waals surface area contributed by atoms with Crippen LogP contribution in [-0.4, -0.2) is 21.6 Å². The Kier molecular flexibility index (Phi) is 1.77. The van der Waals surface area contributed by atoms with Crippen LogP contribution in [0.5, 0.6) is 0 Å². The first-order valence-electron chi connectivity index (χ1n) is 4.78. The fourth-order valence-electron chi connectivity index (χ4n) is 1.52. The Labute approximate surface area is 87.5 Å². The van der Waals surface area contributed by atoms with Crippen molar-refractivity contribution in [3.63, 3.8) is 0 Å². The average molecular weight is 207 g/mol. The first kappa shape index (κ1) is 9.89. The van der Waals surface area contributed by atoms with Crippen molar-refractivity contribution < 1.29 is 9.59 Å². The number of amides is 1. The number of carbonyl (C=O) groups is 2. The van der Waals surface area contributed by atoms with Crippen LogP contribution < -0.4 is 5.32 Å². The fraction of sp³-hybridized carbons (Fsp3) is 0.500. The van der Waals surface area contributed by atoms with Crippen LogP contribution in [0.3, 0.4) is 0 Å². The molecule has 2 heterocycles. The molecule has 80 valence electrons. The molecule has 0 bridgehead atoms. The number of fused-ring (bicyclic) bond motifs is 1. The van der Waals surface area contributed by atoms with E-state index >= 15 is 0 Å². The number of carbonyl (C=O) groups excluding carboxylic acids is 2. The third kappa shape index (κ3) is 1.12. The molecule has 0 fully saturated rings. The van der Waals surface area contributed by atoms with Crippen LogP contribution in [0.25, 0.3) is 0 Å². The van der Waals surface area contributed by atoms with E-state index in [1.54, 1.807) is 13.8 Å². The summed E-state index contributed by atoms with van der Waals surface area (Å²) < 4.78 is 1.28. The van der Waals surface area contributed by atoms with E-state index in [0.717, 1.165) is 11.3 Å². The smallest absolute Gasteiger partial charge is 0.263 e. The molecule has 1 aliphatic rings. The second-order valence-electron chi connectivity index (χ2n) is 4.36. The molecule has 1 amide bonds. The van der Waals surface area contributed by atoms with Crippen molar-refractivity contribution in [2.45, 2.75) is 27.7 Å². The number of hydrogen-bond donors (Lipinski definition) is 1. The van der Waals surface area contributed by atoms with E-state index in [1.807, 2.05) is 13.8 Å². The SMILES string of the molecule is Cc1nn2c(c1C)NC(=O)C(C)(C)C2=O. The molecule has 5 nitrogen and oxygen atoms in total. The Morgan fingerprint density at radius 2 is 1.87 bits per heavy atom. The monoisotopic (exact) mass is 207 g/mol. The molecule has 0 aliphatic carbocycles. The van der Waals surface area contributed by atoms with Gasteiger partial charge in [-0.05, 0) is 27.7 Å². The number of nitrogens with zero attached hydrogens (tertiary/aromatic N) is 2. The topological polar surface area (TPSA) is 64.0 Å². The minimum absolute atomic E-state index is 0.275. The zero-order chi connectivity index (χ0) is 11.4. The number of anilines is 1. The Bertz CT molecular complexity index is 471. The number of nitrogens with one attached hydrogen (secondary N) is 1. The van der Waals surface area contributed by atoms with Gasteiger partial charge in [-0.15, -0.1) is 0 Å². The van der Waals surface area contributed by atoms with Gasteiger partial charge in [-0.1, -0.05) is 0 Å². The van der Waals surface area contributed by atoms with Crippen molar-refractivity contribution in [3.8, 4) is 0 Å². The standard InChI is InChI=1S/C10H13N3O2/c1-5-6(2)12-13-7(5)11-8(14)10(3,4)9(13)15/h1-4H3,(H,11,14). The van der Waals surface area contributed by atoms with Gasteiger partial charge in [0.15, 0.2) is 0 Å². The molecule has 0 saturated heterocycles. The molecule has 0 saturated carbocycles. The van der Waals surface area contributed by atoms with Gasteiger partial charge in [-0.2, -0.15) is 9.78 Å². The van der Waals surface area contributed by atoms with Crippen LogP contribution in [0.15, 0.2) is 0 Å². The fourth-order valence-corrected chi connectivity index (χ4v) is 1.52. The van der Waals surface area contributed by atoms with Gasteiger partial charge >= 0.3 is 0 Å². The third-order valence-electron chi connectivity index (χ3n) is 2.89. The molecular weight excluding hydrogens is 194 g/mol. The molecule has 0 aromatic carbocycles. The quantitative estimate of drug-likeness (QED) is 0.648. The van der Waals surface area contributed by atoms with E-state index < -0.39 is 5.41 Å². The Hall–Kier alpha value is -1.65. The second-order valence-corrected chi connectivity index (χ2v) is 4.36. The molecule has 1 aliphatic heterocycles. The van der Waals surface area contributed by atoms with Gasteiger partial charge in [0, 0.05) is 5.56 Å². The van der Waals surface area contributed by atoms with Crippen molar-refractivity contribution in [3.05, 3.63) is 11.3 Å². The molecule has 0 spiro atoms. The van der Waals surface area contributed by atoms with Gasteiger partial charge in [-0.25, -0.2) is 0 Å². The zero-order valence-corrected chi connectivity index (χ0v) is 9.21. The van der Waals surface area contributed by atoms with Crippen LogP contribution in [0.4, 0.5) is 5.82 Å². The predicted octanol–water partition coefficient (Wildman–Crippen LogP) is 1.12. The van der Waals surface area contributed by atoms with E-state index in [1.165, 1.54) is 4.68 Å². The molecule has 1 N–H and O–H groups in total. The maximum atomic E-state index is 12.0. The first-order chi connectivity index (χ1) is 6.85. The normalized spacial score (nSPS) is 18.7. The van der Waals surface area contributed by atoms with Crippen molar-refractivity contribution in [1.29, 1.82) is 0 Å². The van der Waals surface area contributed by atoms with Crippen molar-refractivity contribution in [2.75, 3.05) is 5.32 Å². The van der Waals surface area contributed by atoms with Crippen molar-refractivity contribution >= 4 is 17.6 Å². The highest BCUT2D eigenvalue weighted by molar-refractivity contribution is 6.14. The summed E-state index contributed by atoms with van der Waals surface area (Å²) in [5, 5.41) is 6.82. The highest BCUT2D eigenvalue weighted by Gasteiger charge is 2.43. The minimum atomic E-state index is -1.04. The Morgan fingerprint density at radius 1 is 1.27 bits per heavy atom. The van der Waals surface area contributed by atoms with Crippen molar-refractivity contribution in [2.24, 2.45) is 5.41 Å². The van der Waals surface area contributed by atoms with Crippen LogP contribution in [0.2, 0.25) is 0 Å². The molecule has 15 heavy (non-hydrogen) atoms. The Balaban J connectivity index is 2.66. The van der Waals surface area contributed by atoms with E-state index in [-0.39, 0.29) is 11.8 Å². The van der Waals surface area contributed by atoms with E-state index in [2.05, 4.69) is 10.4 Å². The lowest BCUT2D eigenvalue weighted by Crippen LogP contribution is -2.46. The number of aryl methyl sites for hydroxylation is 1. The van der Waals surface area contributed by atoms with Gasteiger partial charge in [0.05, 0.1) is 5.69 Å². The lowest BCUT2D eigenvalue weighted by molar-refractivity contribution is -0.122. The van der Waals surface area contributed by atoms with Gasteiger partial charge in [0.1, 0.15) is 11.2 Å². The molecule has 1 aromatic heterocycles. The van der Waals surface area contributed by atoms with Crippen molar-refractivity contribution in [1.82, 2.24) is 9.78 Å². The maximum Gasteiger partial charge on any atom is 0.263 e. The van der Waals surface area contributed by atoms with E-state index in [0.29, 0.717) is 5.82 Å². The minimum Gasteiger partial charge on any atom is -0.309 e. The van der Waals surface area contributed by atoms with Crippen LogP contribution >= 0.6 is 0 Å². The summed E-state index contributed by atoms with van der Waals surface area (Å²) in [5.41, 5.74) is 0.557. The third-order valence-corrected chi connectivity index (χ3v) is 2.89. The maximum absolute atomic E-state index is 12.0. The van der Waals surface area contributed by atoms with Gasteiger partial charge < -0.3 is 5.32 Å². The van der Waals surface area contributed by atoms with E-state index in [9.17, 15) is 9.59 Å². The summed E-state index contributed by atoms with van der Waals surface area (Å²) in [6.45, 7) is 6.84. The highest BCUT2D eigenvalue weighted by atomic mass is 16.2. The molecule has 0 radical (unpaired) electrons. The first-order valence-corrected chi connectivity index (χ1v) is 4.78. The molecular formula is C10H13N3O2. The van der Waals surface area contributed by atoms with Gasteiger partial charge in [0.25, 0.3) is 5.91 Å². The number of aromatic nitrogens is 2. The van der Waals surface area contributed by atoms with Crippen LogP contribution in [-0.2, 0) is 4.79 Å². The molecule has 0 atom stereocenters. The molecule has 1 aromatic rings. The predicted molar refractivity (Wildman–Crippen MR) is 54.7 cm³/mol. The second kappa shape index (κ2) is 2.68. The van der Waals surface area contributed by atoms with Crippen LogP contribution in [0, 0.1) is 19.3 Å². The van der Waals surface area contributed by atoms with Gasteiger partial charge in [0.2, 0.25) is 5.91 Å². The summed E-state index contributed by atoms with van der Waals surface area (Å²) in [5.74, 6) is -0.0534. The van der Waals surface area contributed by atoms with Gasteiger partial charge in [-0.3, -0.25) is 9.59 Å². The number of rotatable bonds is 0.